The zero-order valence-electron chi connectivity index (χ0n) is 15.1. The van der Waals surface area contributed by atoms with E-state index in [2.05, 4.69) is 5.32 Å². The molecule has 1 atom stereocenters. The molecule has 27 heavy (non-hydrogen) atoms. The molecule has 0 bridgehead atoms. The van der Waals surface area contributed by atoms with Crippen molar-refractivity contribution >= 4 is 23.4 Å². The summed E-state index contributed by atoms with van der Waals surface area (Å²) < 4.78 is 19.9. The fourth-order valence-corrected chi connectivity index (χ4v) is 3.29. The number of cyclic esters (lactones) is 1. The second-order valence-electron chi connectivity index (χ2n) is 6.61. The van der Waals surface area contributed by atoms with E-state index >= 15 is 0 Å². The van der Waals surface area contributed by atoms with E-state index in [9.17, 15) is 14.0 Å². The molecule has 1 aromatic carbocycles. The maximum Gasteiger partial charge on any atom is 0.414 e. The van der Waals surface area contributed by atoms with E-state index in [1.54, 1.807) is 18.2 Å². The van der Waals surface area contributed by atoms with Gasteiger partial charge < -0.3 is 15.0 Å². The van der Waals surface area contributed by atoms with Crippen molar-refractivity contribution in [1.82, 2.24) is 5.32 Å². The number of allylic oxidation sites excluding steroid dienone is 1. The summed E-state index contributed by atoms with van der Waals surface area (Å²) in [4.78, 5) is 26.3. The summed E-state index contributed by atoms with van der Waals surface area (Å²) in [6, 6.07) is 6.73. The van der Waals surface area contributed by atoms with Gasteiger partial charge in [-0.2, -0.15) is 5.26 Å². The number of piperidine rings is 1. The Balaban J connectivity index is 1.67. The van der Waals surface area contributed by atoms with Crippen LogP contribution in [0, 0.1) is 17.1 Å². The number of ether oxygens (including phenoxy) is 1. The highest BCUT2D eigenvalue weighted by Crippen LogP contribution is 2.30. The summed E-state index contributed by atoms with van der Waals surface area (Å²) >= 11 is 0. The summed E-state index contributed by atoms with van der Waals surface area (Å²) in [7, 11) is 0. The Hall–Kier alpha value is -3.08. The highest BCUT2D eigenvalue weighted by atomic mass is 19.1. The molecule has 0 unspecified atom stereocenters. The number of anilines is 2. The monoisotopic (exact) mass is 372 g/mol. The number of nitrogens with zero attached hydrogens (tertiary/aromatic N) is 3. The van der Waals surface area contributed by atoms with Gasteiger partial charge in [0.15, 0.2) is 0 Å². The highest BCUT2D eigenvalue weighted by molar-refractivity contribution is 5.90. The van der Waals surface area contributed by atoms with Gasteiger partial charge in [-0.1, -0.05) is 5.57 Å². The zero-order valence-corrected chi connectivity index (χ0v) is 15.1. The minimum atomic E-state index is -0.554. The lowest BCUT2D eigenvalue weighted by atomic mass is 10.0. The number of nitrogens with one attached hydrogen (secondary N) is 1. The minimum absolute atomic E-state index is 0.200. The summed E-state index contributed by atoms with van der Waals surface area (Å²) in [5.74, 6) is -0.604. The van der Waals surface area contributed by atoms with E-state index in [0.29, 0.717) is 24.5 Å². The molecule has 1 aromatic rings. The summed E-state index contributed by atoms with van der Waals surface area (Å²) in [5, 5.41) is 11.3. The van der Waals surface area contributed by atoms with Crippen LogP contribution in [-0.2, 0) is 9.53 Å². The number of halogens is 1. The Labute approximate surface area is 157 Å². The Morgan fingerprint density at radius 1 is 1.44 bits per heavy atom. The standard InChI is InChI=1S/C19H21FN4O3/c1-13(25)22-11-16-12-24(19(26)27-16)15-2-3-18(17(20)10-15)23-8-5-14(4-7-21)6-9-23/h2-4,10,16H,5-6,8-9,11-12H2,1H3,(H,22,25)/t16-/m0/s1. The van der Waals surface area contributed by atoms with Crippen LogP contribution in [0.25, 0.3) is 0 Å². The first kappa shape index (κ1) is 18.7. The molecule has 2 saturated heterocycles. The largest absolute Gasteiger partial charge is 0.442 e. The number of benzene rings is 1. The van der Waals surface area contributed by atoms with Gasteiger partial charge in [-0.3, -0.25) is 9.69 Å². The third-order valence-corrected chi connectivity index (χ3v) is 4.71. The molecule has 0 aromatic heterocycles. The Kier molecular flexibility index (Phi) is 5.60. The van der Waals surface area contributed by atoms with Crippen molar-refractivity contribution < 1.29 is 18.7 Å². The summed E-state index contributed by atoms with van der Waals surface area (Å²) in [5.41, 5.74) is 1.99. The third-order valence-electron chi connectivity index (χ3n) is 4.71. The van der Waals surface area contributed by atoms with Crippen molar-refractivity contribution in [3.8, 4) is 6.07 Å². The molecular weight excluding hydrogens is 351 g/mol. The number of amides is 2. The van der Waals surface area contributed by atoms with E-state index < -0.39 is 18.0 Å². The molecule has 2 aliphatic heterocycles. The van der Waals surface area contributed by atoms with Crippen LogP contribution in [0.5, 0.6) is 0 Å². The summed E-state index contributed by atoms with van der Waals surface area (Å²) in [6.45, 7) is 3.17. The number of rotatable bonds is 4. The molecule has 2 heterocycles. The van der Waals surface area contributed by atoms with Crippen LogP contribution in [0.4, 0.5) is 20.6 Å². The van der Waals surface area contributed by atoms with Gasteiger partial charge in [-0.25, -0.2) is 9.18 Å². The lowest BCUT2D eigenvalue weighted by Crippen LogP contribution is -2.33. The smallest absolute Gasteiger partial charge is 0.414 e. The van der Waals surface area contributed by atoms with Gasteiger partial charge in [-0.15, -0.1) is 0 Å². The van der Waals surface area contributed by atoms with Crippen LogP contribution < -0.4 is 15.1 Å². The van der Waals surface area contributed by atoms with Crippen LogP contribution in [0.3, 0.4) is 0 Å². The highest BCUT2D eigenvalue weighted by Gasteiger charge is 2.33. The Morgan fingerprint density at radius 3 is 2.81 bits per heavy atom. The van der Waals surface area contributed by atoms with Crippen molar-refractivity contribution in [3.05, 3.63) is 35.7 Å². The number of hydrogen-bond acceptors (Lipinski definition) is 5. The third kappa shape index (κ3) is 4.37. The van der Waals surface area contributed by atoms with Crippen molar-refractivity contribution in [3.63, 3.8) is 0 Å². The fraction of sp³-hybridized carbons (Fsp3) is 0.421. The van der Waals surface area contributed by atoms with E-state index in [1.165, 1.54) is 17.9 Å². The molecule has 142 valence electrons. The van der Waals surface area contributed by atoms with E-state index in [-0.39, 0.29) is 19.0 Å². The second-order valence-corrected chi connectivity index (χ2v) is 6.61. The Morgan fingerprint density at radius 2 is 2.19 bits per heavy atom. The first-order valence-corrected chi connectivity index (χ1v) is 8.82. The summed E-state index contributed by atoms with van der Waals surface area (Å²) in [6.07, 6.45) is 2.02. The molecule has 8 heteroatoms. The van der Waals surface area contributed by atoms with Gasteiger partial charge in [0, 0.05) is 26.1 Å². The minimum Gasteiger partial charge on any atom is -0.442 e. The number of nitriles is 1. The predicted octanol–water partition coefficient (Wildman–Crippen LogP) is 2.34. The molecule has 3 rings (SSSR count). The molecule has 7 nitrogen and oxygen atoms in total. The topological polar surface area (TPSA) is 85.7 Å². The van der Waals surface area contributed by atoms with E-state index in [1.807, 2.05) is 11.0 Å². The number of carbonyl (C=O) groups excluding carboxylic acids is 2. The zero-order chi connectivity index (χ0) is 19.4. The molecule has 0 radical (unpaired) electrons. The lowest BCUT2D eigenvalue weighted by Gasteiger charge is -2.30. The number of carbonyl (C=O) groups is 2. The average molecular weight is 372 g/mol. The quantitative estimate of drug-likeness (QED) is 0.820. The van der Waals surface area contributed by atoms with Gasteiger partial charge in [0.1, 0.15) is 11.9 Å². The van der Waals surface area contributed by atoms with Crippen molar-refractivity contribution in [1.29, 1.82) is 5.26 Å². The SMILES string of the molecule is CC(=O)NC[C@H]1CN(c2ccc(N3CCC(=CC#N)CC3)c(F)c2)C(=O)O1. The van der Waals surface area contributed by atoms with Crippen LogP contribution in [-0.4, -0.2) is 44.3 Å². The molecule has 1 N–H and O–H groups in total. The van der Waals surface area contributed by atoms with Crippen LogP contribution in [0.2, 0.25) is 0 Å². The second kappa shape index (κ2) is 8.08. The van der Waals surface area contributed by atoms with Crippen LogP contribution in [0.1, 0.15) is 19.8 Å². The Bertz CT molecular complexity index is 808. The first-order chi connectivity index (χ1) is 13.0. The maximum atomic E-state index is 14.7. The molecule has 2 amide bonds. The van der Waals surface area contributed by atoms with E-state index in [0.717, 1.165) is 18.4 Å². The van der Waals surface area contributed by atoms with Gasteiger partial charge >= 0.3 is 6.09 Å². The average Bonchev–Trinajstić information content (AvgIpc) is 3.02. The maximum absolute atomic E-state index is 14.7. The van der Waals surface area contributed by atoms with Crippen molar-refractivity contribution in [2.75, 3.05) is 36.0 Å². The van der Waals surface area contributed by atoms with Gasteiger partial charge in [-0.05, 0) is 31.0 Å². The normalized spacial score (nSPS) is 19.5. The predicted molar refractivity (Wildman–Crippen MR) is 97.8 cm³/mol. The van der Waals surface area contributed by atoms with Crippen molar-refractivity contribution in [2.24, 2.45) is 0 Å². The molecule has 0 aliphatic carbocycles. The lowest BCUT2D eigenvalue weighted by molar-refractivity contribution is -0.119. The number of hydrogen-bond donors (Lipinski definition) is 1. The fourth-order valence-electron chi connectivity index (χ4n) is 3.29. The van der Waals surface area contributed by atoms with E-state index in [4.69, 9.17) is 10.00 Å². The van der Waals surface area contributed by atoms with Crippen LogP contribution in [0.15, 0.2) is 29.8 Å². The van der Waals surface area contributed by atoms with Crippen LogP contribution >= 0.6 is 0 Å². The van der Waals surface area contributed by atoms with Crippen molar-refractivity contribution in [2.45, 2.75) is 25.9 Å². The first-order valence-electron chi connectivity index (χ1n) is 8.82. The van der Waals surface area contributed by atoms with Gasteiger partial charge in [0.05, 0.1) is 30.5 Å². The van der Waals surface area contributed by atoms with Gasteiger partial charge in [0.2, 0.25) is 5.91 Å². The molecule has 0 saturated carbocycles. The van der Waals surface area contributed by atoms with Gasteiger partial charge in [0.25, 0.3) is 0 Å². The molecule has 0 spiro atoms. The molecular formula is C19H21FN4O3. The molecule has 2 fully saturated rings. The molecule has 2 aliphatic rings.